The molecule has 6 heteroatoms. The molecule has 0 radical (unpaired) electrons. The van der Waals surface area contributed by atoms with E-state index in [0.29, 0.717) is 17.6 Å². The van der Waals surface area contributed by atoms with Crippen LogP contribution in [0, 0.1) is 11.3 Å². The number of carbonyl (C=O) groups is 1. The van der Waals surface area contributed by atoms with Gasteiger partial charge in [-0.15, -0.1) is 0 Å². The number of nitrogen functional groups attached to an aromatic ring is 1. The van der Waals surface area contributed by atoms with Crippen LogP contribution in [0.15, 0.2) is 84.9 Å². The van der Waals surface area contributed by atoms with Crippen molar-refractivity contribution in [3.8, 4) is 28.3 Å². The highest BCUT2D eigenvalue weighted by Gasteiger charge is 2.52. The first-order valence-electron chi connectivity index (χ1n) is 17.0. The number of aliphatic carboxylic acids is 1. The maximum absolute atomic E-state index is 11.2. The lowest BCUT2D eigenvalue weighted by Gasteiger charge is -2.56. The fourth-order valence-corrected chi connectivity index (χ4v) is 8.86. The second-order valence-electron chi connectivity index (χ2n) is 14.6. The summed E-state index contributed by atoms with van der Waals surface area (Å²) in [6, 6.07) is 29.4. The lowest BCUT2D eigenvalue weighted by Crippen LogP contribution is -2.50. The Morgan fingerprint density at radius 1 is 1.00 bits per heavy atom. The van der Waals surface area contributed by atoms with Crippen LogP contribution in [-0.4, -0.2) is 27.2 Å². The zero-order valence-electron chi connectivity index (χ0n) is 27.9. The summed E-state index contributed by atoms with van der Waals surface area (Å²) in [6.07, 6.45) is 5.86. The van der Waals surface area contributed by atoms with Crippen molar-refractivity contribution in [2.45, 2.75) is 77.7 Å². The molecule has 4 aromatic carbocycles. The van der Waals surface area contributed by atoms with Gasteiger partial charge in [-0.3, -0.25) is 0 Å². The maximum Gasteiger partial charge on any atom is 0.341 e. The molecule has 3 N–H and O–H groups in total. The molecular weight excluding hydrogens is 582 g/mol. The number of fused-ring (bicyclic) bond motifs is 4. The highest BCUT2D eigenvalue weighted by molar-refractivity contribution is 5.88. The molecule has 242 valence electrons. The SMILES string of the molecule is CC(C)c1ccc2c(c1)CC[C@H]1[C@@](C)(Cn3c(-c4cccc(OCC(=O)O)c4)nc4cc(-c5ccccc5N)ccc43)CCC[C@]21C. The third kappa shape index (κ3) is 5.58. The van der Waals surface area contributed by atoms with E-state index in [9.17, 15) is 9.90 Å². The van der Waals surface area contributed by atoms with Crippen LogP contribution in [0.4, 0.5) is 5.69 Å². The summed E-state index contributed by atoms with van der Waals surface area (Å²) in [6.45, 7) is 10.0. The lowest BCUT2D eigenvalue weighted by molar-refractivity contribution is -0.139. The number of benzene rings is 4. The molecule has 0 bridgehead atoms. The number of para-hydroxylation sites is 1. The molecule has 0 saturated heterocycles. The Balaban J connectivity index is 1.33. The molecular formula is C41H45N3O3. The number of nitrogens with zero attached hydrogens (tertiary/aromatic N) is 2. The second-order valence-corrected chi connectivity index (χ2v) is 14.6. The van der Waals surface area contributed by atoms with E-state index in [2.05, 4.69) is 68.7 Å². The molecule has 1 aromatic heterocycles. The van der Waals surface area contributed by atoms with Crippen molar-refractivity contribution in [2.75, 3.05) is 12.3 Å². The Kier molecular flexibility index (Phi) is 7.86. The van der Waals surface area contributed by atoms with Crippen LogP contribution in [0.1, 0.15) is 76.0 Å². The first-order chi connectivity index (χ1) is 22.6. The van der Waals surface area contributed by atoms with E-state index >= 15 is 0 Å². The Bertz CT molecular complexity index is 1980. The van der Waals surface area contributed by atoms with Gasteiger partial charge in [0.1, 0.15) is 11.6 Å². The predicted octanol–water partition coefficient (Wildman–Crippen LogP) is 9.25. The number of hydrogen-bond donors (Lipinski definition) is 2. The fourth-order valence-electron chi connectivity index (χ4n) is 8.86. The zero-order valence-corrected chi connectivity index (χ0v) is 27.9. The predicted molar refractivity (Wildman–Crippen MR) is 190 cm³/mol. The molecule has 47 heavy (non-hydrogen) atoms. The number of hydrogen-bond acceptors (Lipinski definition) is 4. The van der Waals surface area contributed by atoms with Gasteiger partial charge in [-0.2, -0.15) is 0 Å². The molecule has 0 aliphatic heterocycles. The highest BCUT2D eigenvalue weighted by Crippen LogP contribution is 2.58. The van der Waals surface area contributed by atoms with E-state index in [-0.39, 0.29) is 17.4 Å². The lowest BCUT2D eigenvalue weighted by atomic mass is 9.49. The molecule has 6 nitrogen and oxygen atoms in total. The number of rotatable bonds is 8. The molecule has 2 aliphatic carbocycles. The smallest absolute Gasteiger partial charge is 0.341 e. The van der Waals surface area contributed by atoms with Gasteiger partial charge in [-0.25, -0.2) is 9.78 Å². The maximum atomic E-state index is 11.2. The number of imidazole rings is 1. The topological polar surface area (TPSA) is 90.4 Å². The molecule has 0 amide bonds. The quantitative estimate of drug-likeness (QED) is 0.167. The molecule has 0 unspecified atom stereocenters. The molecule has 0 spiro atoms. The summed E-state index contributed by atoms with van der Waals surface area (Å²) in [7, 11) is 0. The van der Waals surface area contributed by atoms with E-state index < -0.39 is 5.97 Å². The Morgan fingerprint density at radius 3 is 2.62 bits per heavy atom. The van der Waals surface area contributed by atoms with Gasteiger partial charge in [-0.05, 0) is 101 Å². The largest absolute Gasteiger partial charge is 0.482 e. The molecule has 7 rings (SSSR count). The van der Waals surface area contributed by atoms with Gasteiger partial charge in [0, 0.05) is 23.4 Å². The molecule has 1 saturated carbocycles. The number of carboxylic acid groups (broad SMARTS) is 1. The standard InChI is InChI=1S/C41H45N3O3/c1-26(2)27-13-16-33-29(21-27)15-18-37-40(3,19-8-20-41(33,37)4)25-44-36-17-14-28(32-11-5-6-12-34(32)42)23-35(36)43-39(44)30-9-7-10-31(22-30)47-24-38(45)46/h5-7,9-14,16-17,21-23,26,37H,8,15,18-20,24-25,42H2,1-4H3,(H,45,46)/t37-,40+,41+/m0/s1. The van der Waals surface area contributed by atoms with Gasteiger partial charge in [0.25, 0.3) is 0 Å². The number of aromatic nitrogens is 2. The van der Waals surface area contributed by atoms with Crippen LogP contribution in [0.5, 0.6) is 5.75 Å². The average Bonchev–Trinajstić information content (AvgIpc) is 3.40. The van der Waals surface area contributed by atoms with Crippen LogP contribution in [0.25, 0.3) is 33.5 Å². The summed E-state index contributed by atoms with van der Waals surface area (Å²) in [5.74, 6) is 1.44. The number of nitrogens with two attached hydrogens (primary N) is 1. The van der Waals surface area contributed by atoms with Gasteiger partial charge >= 0.3 is 5.97 Å². The van der Waals surface area contributed by atoms with Gasteiger partial charge in [0.05, 0.1) is 11.0 Å². The van der Waals surface area contributed by atoms with E-state index in [0.717, 1.165) is 58.6 Å². The minimum atomic E-state index is -1.00. The third-order valence-electron chi connectivity index (χ3n) is 11.2. The van der Waals surface area contributed by atoms with Crippen LogP contribution in [0.2, 0.25) is 0 Å². The van der Waals surface area contributed by atoms with Gasteiger partial charge in [-0.1, -0.05) is 88.7 Å². The van der Waals surface area contributed by atoms with Crippen molar-refractivity contribution >= 4 is 22.7 Å². The van der Waals surface area contributed by atoms with Crippen LogP contribution < -0.4 is 10.5 Å². The number of carboxylic acids is 1. The zero-order chi connectivity index (χ0) is 32.9. The molecule has 1 fully saturated rings. The highest BCUT2D eigenvalue weighted by atomic mass is 16.5. The Hall–Kier alpha value is -4.58. The molecule has 5 aromatic rings. The van der Waals surface area contributed by atoms with Crippen LogP contribution >= 0.6 is 0 Å². The summed E-state index contributed by atoms with van der Waals surface area (Å²) in [5, 5.41) is 9.21. The van der Waals surface area contributed by atoms with E-state index in [1.165, 1.54) is 24.8 Å². The molecule has 2 aliphatic rings. The number of ether oxygens (including phenoxy) is 1. The van der Waals surface area contributed by atoms with Crippen molar-refractivity contribution in [1.82, 2.24) is 9.55 Å². The summed E-state index contributed by atoms with van der Waals surface area (Å²) >= 11 is 0. The van der Waals surface area contributed by atoms with Crippen molar-refractivity contribution in [3.63, 3.8) is 0 Å². The Labute approximate surface area is 277 Å². The minimum absolute atomic E-state index is 0.0454. The second kappa shape index (κ2) is 11.9. The van der Waals surface area contributed by atoms with Crippen molar-refractivity contribution in [2.24, 2.45) is 11.3 Å². The average molecular weight is 628 g/mol. The monoisotopic (exact) mass is 627 g/mol. The van der Waals surface area contributed by atoms with Crippen molar-refractivity contribution < 1.29 is 14.6 Å². The van der Waals surface area contributed by atoms with Gasteiger partial charge in [0.2, 0.25) is 0 Å². The number of anilines is 1. The first-order valence-corrected chi connectivity index (χ1v) is 17.0. The van der Waals surface area contributed by atoms with E-state index in [1.807, 2.05) is 42.5 Å². The summed E-state index contributed by atoms with van der Waals surface area (Å²) in [4.78, 5) is 16.5. The van der Waals surface area contributed by atoms with Crippen LogP contribution in [0.3, 0.4) is 0 Å². The van der Waals surface area contributed by atoms with Crippen molar-refractivity contribution in [1.29, 1.82) is 0 Å². The molecule has 3 atom stereocenters. The first kappa shape index (κ1) is 31.0. The normalized spacial score (nSPS) is 22.2. The minimum Gasteiger partial charge on any atom is -0.482 e. The third-order valence-corrected chi connectivity index (χ3v) is 11.2. The van der Waals surface area contributed by atoms with E-state index in [1.54, 1.807) is 17.2 Å². The fraction of sp³-hybridized carbons (Fsp3) is 0.366. The van der Waals surface area contributed by atoms with Gasteiger partial charge < -0.3 is 20.1 Å². The van der Waals surface area contributed by atoms with Crippen LogP contribution in [-0.2, 0) is 23.2 Å². The van der Waals surface area contributed by atoms with Gasteiger partial charge in [0.15, 0.2) is 6.61 Å². The summed E-state index contributed by atoms with van der Waals surface area (Å²) < 4.78 is 8.00. The van der Waals surface area contributed by atoms with Crippen molar-refractivity contribution in [3.05, 3.63) is 102 Å². The summed E-state index contributed by atoms with van der Waals surface area (Å²) in [5.41, 5.74) is 16.7. The number of aryl methyl sites for hydroxylation is 1. The Morgan fingerprint density at radius 2 is 1.83 bits per heavy atom. The van der Waals surface area contributed by atoms with E-state index in [4.69, 9.17) is 15.5 Å². The molecule has 1 heterocycles.